The van der Waals surface area contributed by atoms with E-state index >= 15 is 0 Å². The number of hydrogen-bond donors (Lipinski definition) is 2. The third kappa shape index (κ3) is 3.40. The Morgan fingerprint density at radius 2 is 1.92 bits per heavy atom. The summed E-state index contributed by atoms with van der Waals surface area (Å²) in [6.07, 6.45) is 0. The van der Waals surface area contributed by atoms with Gasteiger partial charge in [-0.15, -0.1) is 0 Å². The van der Waals surface area contributed by atoms with Crippen LogP contribution in [-0.2, 0) is 13.1 Å². The highest BCUT2D eigenvalue weighted by Gasteiger charge is 2.31. The summed E-state index contributed by atoms with van der Waals surface area (Å²) in [6.45, 7) is 6.52. The molecule has 0 radical (unpaired) electrons. The maximum Gasteiger partial charge on any atom is 0.315 e. The molecule has 3 N–H and O–H groups in total. The van der Waals surface area contributed by atoms with Crippen molar-refractivity contribution in [3.8, 4) is 11.3 Å². The van der Waals surface area contributed by atoms with Crippen LogP contribution in [-0.4, -0.2) is 38.7 Å². The lowest BCUT2D eigenvalue weighted by atomic mass is 10.0. The lowest BCUT2D eigenvalue weighted by molar-refractivity contribution is 0.0916. The number of benzene rings is 1. The van der Waals surface area contributed by atoms with Gasteiger partial charge in [0.25, 0.3) is 5.91 Å². The second-order valence-electron chi connectivity index (χ2n) is 7.34. The highest BCUT2D eigenvalue weighted by Crippen LogP contribution is 2.30. The molecule has 0 bridgehead atoms. The van der Waals surface area contributed by atoms with E-state index in [2.05, 4.69) is 10.4 Å². The molecule has 1 aromatic heterocycles. The molecule has 2 aromatic rings. The van der Waals surface area contributed by atoms with Crippen LogP contribution in [0.4, 0.5) is 9.18 Å². The number of rotatable bonds is 2. The minimum Gasteiger partial charge on any atom is -0.351 e. The molecular formula is C18H22FN5O2. The Labute approximate surface area is 151 Å². The van der Waals surface area contributed by atoms with Gasteiger partial charge in [0.15, 0.2) is 0 Å². The van der Waals surface area contributed by atoms with Gasteiger partial charge in [-0.3, -0.25) is 9.48 Å². The van der Waals surface area contributed by atoms with Crippen molar-refractivity contribution in [1.82, 2.24) is 20.0 Å². The SMILES string of the molecule is CC(C)(C)NC(=O)c1c(-c2ccccc2F)nn2c1CN(C(N)=O)CC2. The van der Waals surface area contributed by atoms with E-state index in [1.165, 1.54) is 11.0 Å². The summed E-state index contributed by atoms with van der Waals surface area (Å²) in [7, 11) is 0. The van der Waals surface area contributed by atoms with Crippen LogP contribution >= 0.6 is 0 Å². The van der Waals surface area contributed by atoms with E-state index < -0.39 is 17.4 Å². The number of nitrogens with zero attached hydrogens (tertiary/aromatic N) is 3. The molecule has 1 aromatic carbocycles. The van der Waals surface area contributed by atoms with Gasteiger partial charge < -0.3 is 16.0 Å². The van der Waals surface area contributed by atoms with Gasteiger partial charge in [0.05, 0.1) is 24.3 Å². The molecule has 0 saturated carbocycles. The molecule has 8 heteroatoms. The monoisotopic (exact) mass is 359 g/mol. The van der Waals surface area contributed by atoms with Gasteiger partial charge in [0.2, 0.25) is 0 Å². The van der Waals surface area contributed by atoms with Crippen LogP contribution in [0.25, 0.3) is 11.3 Å². The molecule has 0 atom stereocenters. The molecule has 3 amide bonds. The Morgan fingerprint density at radius 3 is 2.54 bits per heavy atom. The number of nitrogens with two attached hydrogens (primary N) is 1. The number of amides is 3. The van der Waals surface area contributed by atoms with Crippen molar-refractivity contribution in [2.24, 2.45) is 5.73 Å². The number of fused-ring (bicyclic) bond motifs is 1. The minimum absolute atomic E-state index is 0.156. The van der Waals surface area contributed by atoms with E-state index in [9.17, 15) is 14.0 Å². The molecule has 7 nitrogen and oxygen atoms in total. The Hall–Kier alpha value is -2.90. The summed E-state index contributed by atoms with van der Waals surface area (Å²) in [6, 6.07) is 5.63. The van der Waals surface area contributed by atoms with E-state index in [1.807, 2.05) is 20.8 Å². The maximum atomic E-state index is 14.4. The van der Waals surface area contributed by atoms with Gasteiger partial charge in [-0.05, 0) is 32.9 Å². The van der Waals surface area contributed by atoms with Crippen molar-refractivity contribution in [2.45, 2.75) is 39.4 Å². The summed E-state index contributed by atoms with van der Waals surface area (Å²) < 4.78 is 16.0. The molecule has 26 heavy (non-hydrogen) atoms. The molecule has 0 spiro atoms. The van der Waals surface area contributed by atoms with E-state index in [0.717, 1.165) is 0 Å². The second kappa shape index (κ2) is 6.44. The summed E-state index contributed by atoms with van der Waals surface area (Å²) in [4.78, 5) is 26.0. The van der Waals surface area contributed by atoms with Crippen LogP contribution < -0.4 is 11.1 Å². The van der Waals surface area contributed by atoms with Crippen molar-refractivity contribution < 1.29 is 14.0 Å². The van der Waals surface area contributed by atoms with Gasteiger partial charge in [-0.2, -0.15) is 5.10 Å². The fraction of sp³-hybridized carbons (Fsp3) is 0.389. The first kappa shape index (κ1) is 17.9. The first-order valence-corrected chi connectivity index (χ1v) is 8.39. The summed E-state index contributed by atoms with van der Waals surface area (Å²) in [5, 5.41) is 7.36. The van der Waals surface area contributed by atoms with Crippen LogP contribution in [0.15, 0.2) is 24.3 Å². The molecule has 0 fully saturated rings. The van der Waals surface area contributed by atoms with Crippen molar-refractivity contribution in [3.63, 3.8) is 0 Å². The van der Waals surface area contributed by atoms with Crippen LogP contribution in [0, 0.1) is 5.82 Å². The maximum absolute atomic E-state index is 14.4. The Balaban J connectivity index is 2.15. The average molecular weight is 359 g/mol. The number of carbonyl (C=O) groups excluding carboxylic acids is 2. The zero-order valence-electron chi connectivity index (χ0n) is 15.0. The molecule has 0 aliphatic carbocycles. The number of carbonyl (C=O) groups is 2. The third-order valence-corrected chi connectivity index (χ3v) is 4.14. The second-order valence-corrected chi connectivity index (χ2v) is 7.34. The largest absolute Gasteiger partial charge is 0.351 e. The Bertz CT molecular complexity index is 869. The third-order valence-electron chi connectivity index (χ3n) is 4.14. The van der Waals surface area contributed by atoms with Crippen LogP contribution in [0.3, 0.4) is 0 Å². The lowest BCUT2D eigenvalue weighted by Crippen LogP contribution is -2.44. The van der Waals surface area contributed by atoms with Crippen LogP contribution in [0.5, 0.6) is 0 Å². The van der Waals surface area contributed by atoms with Gasteiger partial charge in [0, 0.05) is 17.6 Å². The van der Waals surface area contributed by atoms with Gasteiger partial charge in [-0.25, -0.2) is 9.18 Å². The van der Waals surface area contributed by atoms with Gasteiger partial charge in [-0.1, -0.05) is 12.1 Å². The van der Waals surface area contributed by atoms with Gasteiger partial charge >= 0.3 is 6.03 Å². The number of hydrogen-bond acceptors (Lipinski definition) is 3. The number of halogens is 1. The summed E-state index contributed by atoms with van der Waals surface area (Å²) >= 11 is 0. The summed E-state index contributed by atoms with van der Waals surface area (Å²) in [5.74, 6) is -0.817. The summed E-state index contributed by atoms with van der Waals surface area (Å²) in [5.41, 5.74) is 6.26. The van der Waals surface area contributed by atoms with Crippen LogP contribution in [0.2, 0.25) is 0 Å². The molecule has 1 aliphatic rings. The number of primary amides is 1. The first-order chi connectivity index (χ1) is 12.2. The highest BCUT2D eigenvalue weighted by molar-refractivity contribution is 6.01. The Morgan fingerprint density at radius 1 is 1.23 bits per heavy atom. The quantitative estimate of drug-likeness (QED) is 0.860. The van der Waals surface area contributed by atoms with E-state index in [0.29, 0.717) is 18.8 Å². The van der Waals surface area contributed by atoms with Crippen LogP contribution in [0.1, 0.15) is 36.8 Å². The lowest BCUT2D eigenvalue weighted by Gasteiger charge is -2.27. The standard InChI is InChI=1S/C18H22FN5O2/c1-18(2,3)21-16(25)14-13-10-23(17(20)26)8-9-24(13)22-15(14)11-6-4-5-7-12(11)19/h4-7H,8-10H2,1-3H3,(H2,20,26)(H,21,25). The van der Waals surface area contributed by atoms with E-state index in [1.54, 1.807) is 22.9 Å². The normalized spacial score (nSPS) is 14.1. The number of nitrogens with one attached hydrogen (secondary N) is 1. The average Bonchev–Trinajstić information content (AvgIpc) is 2.91. The van der Waals surface area contributed by atoms with E-state index in [4.69, 9.17) is 5.73 Å². The van der Waals surface area contributed by atoms with Crippen molar-refractivity contribution in [3.05, 3.63) is 41.3 Å². The highest BCUT2D eigenvalue weighted by atomic mass is 19.1. The number of urea groups is 1. The van der Waals surface area contributed by atoms with E-state index in [-0.39, 0.29) is 29.3 Å². The van der Waals surface area contributed by atoms with Crippen molar-refractivity contribution in [2.75, 3.05) is 6.54 Å². The molecular weight excluding hydrogens is 337 g/mol. The minimum atomic E-state index is -0.563. The molecule has 0 saturated heterocycles. The van der Waals surface area contributed by atoms with Crippen molar-refractivity contribution in [1.29, 1.82) is 0 Å². The zero-order valence-corrected chi connectivity index (χ0v) is 15.0. The zero-order chi connectivity index (χ0) is 19.1. The topological polar surface area (TPSA) is 93.2 Å². The van der Waals surface area contributed by atoms with Gasteiger partial charge in [0.1, 0.15) is 11.5 Å². The Kier molecular flexibility index (Phi) is 4.43. The predicted octanol–water partition coefficient (Wildman–Crippen LogP) is 2.11. The first-order valence-electron chi connectivity index (χ1n) is 8.39. The fourth-order valence-electron chi connectivity index (χ4n) is 2.99. The smallest absolute Gasteiger partial charge is 0.315 e. The molecule has 0 unspecified atom stereocenters. The molecule has 1 aliphatic heterocycles. The van der Waals surface area contributed by atoms with Crippen molar-refractivity contribution >= 4 is 11.9 Å². The fourth-order valence-corrected chi connectivity index (χ4v) is 2.99. The number of aromatic nitrogens is 2. The molecule has 3 rings (SSSR count). The molecule has 138 valence electrons. The molecule has 2 heterocycles. The predicted molar refractivity (Wildman–Crippen MR) is 94.8 cm³/mol.